The number of primary amides is 2. The lowest BCUT2D eigenvalue weighted by atomic mass is 9.83. The highest BCUT2D eigenvalue weighted by Gasteiger charge is 2.46. The number of aromatic amines is 1. The molecule has 2 aliphatic carbocycles. The fourth-order valence-corrected chi connectivity index (χ4v) is 9.97. The third-order valence-corrected chi connectivity index (χ3v) is 13.6. The van der Waals surface area contributed by atoms with Gasteiger partial charge in [-0.25, -0.2) is 4.68 Å². The zero-order valence-corrected chi connectivity index (χ0v) is 37.2. The van der Waals surface area contributed by atoms with E-state index in [0.29, 0.717) is 31.2 Å². The van der Waals surface area contributed by atoms with Gasteiger partial charge in [0.25, 0.3) is 0 Å². The number of H-pyrrole nitrogens is 1. The van der Waals surface area contributed by atoms with Crippen LogP contribution in [0.3, 0.4) is 0 Å². The summed E-state index contributed by atoms with van der Waals surface area (Å²) in [5, 5.41) is 23.4. The van der Waals surface area contributed by atoms with Gasteiger partial charge in [-0.3, -0.25) is 38.4 Å². The van der Waals surface area contributed by atoms with Gasteiger partial charge in [-0.1, -0.05) is 55.5 Å². The summed E-state index contributed by atoms with van der Waals surface area (Å²) in [7, 11) is 0. The summed E-state index contributed by atoms with van der Waals surface area (Å²) in [6.45, 7) is 0.148. The lowest BCUT2D eigenvalue weighted by Crippen LogP contribution is -2.61. The van der Waals surface area contributed by atoms with Gasteiger partial charge in [0.1, 0.15) is 30.2 Å². The summed E-state index contributed by atoms with van der Waals surface area (Å²) in [4.78, 5) is 115. The molecule has 4 aliphatic rings. The molecule has 21 nitrogen and oxygen atoms in total. The average molecular weight is 914 g/mol. The number of carbonyl (C=O) groups is 8. The van der Waals surface area contributed by atoms with E-state index in [9.17, 15) is 33.6 Å². The Kier molecular flexibility index (Phi) is 15.7. The van der Waals surface area contributed by atoms with Crippen molar-refractivity contribution in [3.8, 4) is 0 Å². The Morgan fingerprint density at radius 2 is 1.47 bits per heavy atom. The van der Waals surface area contributed by atoms with Gasteiger partial charge in [0.15, 0.2) is 0 Å². The molecule has 2 saturated carbocycles. The van der Waals surface area contributed by atoms with E-state index < -0.39 is 102 Å². The van der Waals surface area contributed by atoms with Gasteiger partial charge >= 0.3 is 0 Å². The minimum atomic E-state index is -1.54. The van der Waals surface area contributed by atoms with Gasteiger partial charge in [0.2, 0.25) is 47.3 Å². The molecule has 21 heteroatoms. The third-order valence-electron chi connectivity index (χ3n) is 13.6. The quantitative estimate of drug-likeness (QED) is 0.141. The first-order valence-electron chi connectivity index (χ1n) is 23.3. The molecule has 0 spiro atoms. The Hall–Kier alpha value is -6.38. The summed E-state index contributed by atoms with van der Waals surface area (Å²) in [6, 6.07) is -0.723. The van der Waals surface area contributed by atoms with Crippen molar-refractivity contribution in [2.24, 2.45) is 23.1 Å². The maximum Gasteiger partial charge on any atom is 0.246 e. The number of amides is 8. The molecular formula is C45H63N13O8. The van der Waals surface area contributed by atoms with Gasteiger partial charge < -0.3 is 53.7 Å². The number of rotatable bonds is 8. The predicted octanol–water partition coefficient (Wildman–Crippen LogP) is -0.301. The maximum atomic E-state index is 15.2. The second kappa shape index (κ2) is 21.7. The monoisotopic (exact) mass is 913 g/mol. The number of para-hydroxylation sites is 1. The molecule has 0 radical (unpaired) electrons. The normalized spacial score (nSPS) is 27.7. The Labute approximate surface area is 382 Å². The van der Waals surface area contributed by atoms with Crippen LogP contribution in [-0.4, -0.2) is 121 Å². The van der Waals surface area contributed by atoms with Gasteiger partial charge in [-0.05, 0) is 62.5 Å². The van der Waals surface area contributed by atoms with Crippen molar-refractivity contribution < 1.29 is 38.4 Å². The van der Waals surface area contributed by atoms with E-state index >= 15 is 4.79 Å². The number of fused-ring (bicyclic) bond motifs is 2. The van der Waals surface area contributed by atoms with E-state index in [4.69, 9.17) is 17.2 Å². The van der Waals surface area contributed by atoms with Crippen molar-refractivity contribution in [1.82, 2.24) is 51.5 Å². The lowest BCUT2D eigenvalue weighted by molar-refractivity contribution is -0.144. The summed E-state index contributed by atoms with van der Waals surface area (Å²) < 4.78 is 1.68. The van der Waals surface area contributed by atoms with Crippen LogP contribution in [0, 0.1) is 5.92 Å². The number of nitrogens with zero attached hydrogens (tertiary/aromatic N) is 4. The van der Waals surface area contributed by atoms with Crippen LogP contribution in [0.15, 0.2) is 36.7 Å². The molecule has 2 aliphatic heterocycles. The molecule has 356 valence electrons. The summed E-state index contributed by atoms with van der Waals surface area (Å²) in [5.74, 6) is -6.05. The highest BCUT2D eigenvalue weighted by atomic mass is 16.2. The van der Waals surface area contributed by atoms with Gasteiger partial charge in [-0.15, -0.1) is 5.10 Å². The van der Waals surface area contributed by atoms with Gasteiger partial charge in [0.05, 0.1) is 30.6 Å². The Balaban J connectivity index is 1.25. The summed E-state index contributed by atoms with van der Waals surface area (Å²) in [6.07, 6.45) is 11.2. The Morgan fingerprint density at radius 1 is 0.773 bits per heavy atom. The summed E-state index contributed by atoms with van der Waals surface area (Å²) in [5.41, 5.74) is 19.8. The van der Waals surface area contributed by atoms with Crippen molar-refractivity contribution in [2.75, 3.05) is 13.1 Å². The van der Waals surface area contributed by atoms with Crippen molar-refractivity contribution >= 4 is 58.2 Å². The van der Waals surface area contributed by atoms with E-state index in [2.05, 4.69) is 41.9 Å². The summed E-state index contributed by atoms with van der Waals surface area (Å²) >= 11 is 0. The van der Waals surface area contributed by atoms with E-state index in [1.165, 1.54) is 4.90 Å². The van der Waals surface area contributed by atoms with Crippen LogP contribution in [0.25, 0.3) is 10.9 Å². The topological polar surface area (TPSA) is 325 Å². The third kappa shape index (κ3) is 11.7. The predicted molar refractivity (Wildman–Crippen MR) is 239 cm³/mol. The molecule has 3 aromatic rings. The molecule has 8 amide bonds. The van der Waals surface area contributed by atoms with Gasteiger partial charge in [-0.2, -0.15) is 0 Å². The van der Waals surface area contributed by atoms with E-state index in [1.54, 1.807) is 10.9 Å². The van der Waals surface area contributed by atoms with E-state index in [0.717, 1.165) is 61.5 Å². The Morgan fingerprint density at radius 3 is 2.21 bits per heavy atom. The number of benzene rings is 1. The fraction of sp³-hybridized carbons (Fsp3) is 0.600. The highest BCUT2D eigenvalue weighted by molar-refractivity contribution is 5.99. The zero-order valence-electron chi connectivity index (χ0n) is 37.2. The second-order valence-corrected chi connectivity index (χ2v) is 18.4. The second-order valence-electron chi connectivity index (χ2n) is 18.4. The van der Waals surface area contributed by atoms with Crippen LogP contribution in [0.4, 0.5) is 0 Å². The molecule has 0 bridgehead atoms. The number of hydrogen-bond acceptors (Lipinski definition) is 11. The smallest absolute Gasteiger partial charge is 0.246 e. The molecule has 66 heavy (non-hydrogen) atoms. The largest absolute Gasteiger partial charge is 0.370 e. The average Bonchev–Trinajstić information content (AvgIpc) is 4.14. The highest BCUT2D eigenvalue weighted by Crippen LogP contribution is 2.36. The SMILES string of the molecule is NC(=O)C[C@@H]1NC(=O)[C@@H](N)CC(=O)NCCCC[C@@H](C(N)=O)NC(=O)[C@H](Cc2c[nH]c3ccccc23)NC(=O)[C@@H]2C[C@H](n3cc(C4CCCC4)nn3)CN2C(=O)[C@H](C2CCCCC2)NC1=O. The lowest BCUT2D eigenvalue weighted by Gasteiger charge is -2.35. The molecule has 12 N–H and O–H groups in total. The van der Waals surface area contributed by atoms with Crippen LogP contribution in [0.5, 0.6) is 0 Å². The Bertz CT molecular complexity index is 2270. The molecule has 7 rings (SSSR count). The molecule has 2 aromatic heterocycles. The first-order chi connectivity index (χ1) is 31.7. The molecule has 4 fully saturated rings. The van der Waals surface area contributed by atoms with Crippen molar-refractivity contribution in [3.05, 3.63) is 47.9 Å². The van der Waals surface area contributed by atoms with E-state index in [-0.39, 0.29) is 44.2 Å². The molecule has 0 unspecified atom stereocenters. The standard InChI is InChI=1S/C45H63N13O8/c46-30-20-38(60)49-17-9-8-16-32(40(48)61)51-42(63)33(18-27-22-50-31-15-7-6-14-29(27)31)53-44(65)36-19-28(58-24-35(55-56-58)25-10-4-5-11-25)23-57(36)45(66)39(26-12-2-1-3-13-26)54-43(64)34(21-37(47)59)52-41(30)62/h6-7,14-15,22,24-26,28,30,32-34,36,39,50H,1-5,8-13,16-21,23,46H2,(H2,47,59)(H2,48,61)(H,49,60)(H,51,63)(H,52,62)(H,53,65)(H,54,64)/t28-,30-,32-,33-,34-,36-,39-/m0/s1. The number of hydrogen-bond donors (Lipinski definition) is 9. The van der Waals surface area contributed by atoms with Crippen molar-refractivity contribution in [3.63, 3.8) is 0 Å². The molecule has 4 heterocycles. The maximum absolute atomic E-state index is 15.2. The van der Waals surface area contributed by atoms with Crippen LogP contribution < -0.4 is 43.8 Å². The number of aromatic nitrogens is 4. The van der Waals surface area contributed by atoms with E-state index in [1.807, 2.05) is 30.5 Å². The first-order valence-corrected chi connectivity index (χ1v) is 23.3. The van der Waals surface area contributed by atoms with Crippen molar-refractivity contribution in [2.45, 2.75) is 151 Å². The van der Waals surface area contributed by atoms with Crippen LogP contribution in [0.2, 0.25) is 0 Å². The number of carbonyl (C=O) groups excluding carboxylic acids is 8. The first kappa shape index (κ1) is 47.6. The molecule has 1 aromatic carbocycles. The zero-order chi connectivity index (χ0) is 46.9. The van der Waals surface area contributed by atoms with Gasteiger partial charge in [0, 0.05) is 55.1 Å². The molecular weight excluding hydrogens is 851 g/mol. The number of nitrogens with one attached hydrogen (secondary N) is 6. The number of nitrogens with two attached hydrogens (primary N) is 3. The van der Waals surface area contributed by atoms with Crippen LogP contribution in [-0.2, 0) is 44.8 Å². The minimum Gasteiger partial charge on any atom is -0.370 e. The molecule has 7 atom stereocenters. The van der Waals surface area contributed by atoms with Crippen molar-refractivity contribution in [1.29, 1.82) is 0 Å². The van der Waals surface area contributed by atoms with Crippen LogP contribution >= 0.6 is 0 Å². The van der Waals surface area contributed by atoms with Crippen LogP contribution in [0.1, 0.15) is 120 Å². The molecule has 2 saturated heterocycles. The fourth-order valence-electron chi connectivity index (χ4n) is 9.97. The minimum absolute atomic E-state index is 0.00487.